The van der Waals surface area contributed by atoms with Gasteiger partial charge in [-0.1, -0.05) is 0 Å². The highest BCUT2D eigenvalue weighted by Gasteiger charge is 2.10. The molecule has 0 radical (unpaired) electrons. The molecule has 4 heteroatoms. The first-order valence-electron chi connectivity index (χ1n) is 3.05. The van der Waals surface area contributed by atoms with Crippen molar-refractivity contribution in [2.24, 2.45) is 0 Å². The summed E-state index contributed by atoms with van der Waals surface area (Å²) in [4.78, 5) is 10.4. The number of hydrogen-bond acceptors (Lipinski definition) is 2. The summed E-state index contributed by atoms with van der Waals surface area (Å²) in [5, 5.41) is 8.51. The van der Waals surface area contributed by atoms with Crippen LogP contribution in [0.2, 0.25) is 0 Å². The van der Waals surface area contributed by atoms with Gasteiger partial charge in [-0.2, -0.15) is 0 Å². The van der Waals surface area contributed by atoms with Crippen LogP contribution in [0.25, 0.3) is 0 Å². The Morgan fingerprint density at radius 1 is 1.80 bits per heavy atom. The first kappa shape index (κ1) is 7.08. The van der Waals surface area contributed by atoms with E-state index in [0.717, 1.165) is 21.9 Å². The summed E-state index contributed by atoms with van der Waals surface area (Å²) in [6.07, 6.45) is 1.41. The number of hydrogen-bond donors (Lipinski definition) is 1. The van der Waals surface area contributed by atoms with E-state index in [1.165, 1.54) is 6.26 Å². The lowest BCUT2D eigenvalue weighted by Gasteiger charge is -1.89. The highest BCUT2D eigenvalue weighted by Crippen LogP contribution is 2.09. The van der Waals surface area contributed by atoms with Crippen LogP contribution in [0.5, 0.6) is 0 Å². The normalized spacial score (nSPS) is 10.0. The predicted octanol–water partition coefficient (Wildman–Crippen LogP) is -0.157. The van der Waals surface area contributed by atoms with Gasteiger partial charge < -0.3 is 9.52 Å². The van der Waals surface area contributed by atoms with Crippen LogP contribution >= 0.6 is 0 Å². The predicted molar refractivity (Wildman–Crippen MR) is 39.3 cm³/mol. The van der Waals surface area contributed by atoms with Crippen molar-refractivity contribution in [2.45, 2.75) is 6.04 Å². The number of aromatic carboxylic acids is 1. The Morgan fingerprint density at radius 3 is 2.90 bits per heavy atom. The smallest absolute Gasteiger partial charge is 0.372 e. The van der Waals surface area contributed by atoms with E-state index < -0.39 is 5.97 Å². The monoisotopic (exact) mass is 156 g/mol. The quantitative estimate of drug-likeness (QED) is 0.605. The van der Waals surface area contributed by atoms with Crippen molar-refractivity contribution in [3.8, 4) is 0 Å². The number of carbonyl (C=O) groups is 1. The van der Waals surface area contributed by atoms with Crippen LogP contribution in [-0.2, 0) is 6.04 Å². The van der Waals surface area contributed by atoms with Crippen LogP contribution in [0.15, 0.2) is 16.7 Å². The summed E-state index contributed by atoms with van der Waals surface area (Å²) in [5.41, 5.74) is 0.805. The van der Waals surface area contributed by atoms with E-state index in [1.807, 2.05) is 0 Å². The zero-order valence-corrected chi connectivity index (χ0v) is 7.63. The molecule has 0 fully saturated rings. The maximum Gasteiger partial charge on any atom is 0.372 e. The van der Waals surface area contributed by atoms with Gasteiger partial charge in [0, 0.05) is 15.8 Å². The molecule has 0 spiro atoms. The van der Waals surface area contributed by atoms with E-state index in [9.17, 15) is 4.79 Å². The Bertz CT molecular complexity index is 241. The topological polar surface area (TPSA) is 50.4 Å². The largest absolute Gasteiger partial charge is 0.475 e. The minimum Gasteiger partial charge on any atom is -0.475 e. The fourth-order valence-electron chi connectivity index (χ4n) is 0.802. The van der Waals surface area contributed by atoms with Crippen molar-refractivity contribution >= 4 is 16.2 Å². The summed E-state index contributed by atoms with van der Waals surface area (Å²) in [6, 6.07) is 2.54. The maximum absolute atomic E-state index is 10.4. The molecule has 10 heavy (non-hydrogen) atoms. The van der Waals surface area contributed by atoms with E-state index in [2.05, 4.69) is 0 Å². The third kappa shape index (κ3) is 1.11. The summed E-state index contributed by atoms with van der Waals surface area (Å²) in [6.45, 7) is 0. The van der Waals surface area contributed by atoms with Crippen molar-refractivity contribution in [1.29, 1.82) is 0 Å². The van der Waals surface area contributed by atoms with Gasteiger partial charge in [0.05, 0.1) is 6.26 Å². The molecule has 0 unspecified atom stereocenters. The molecule has 0 bridgehead atoms. The Labute approximate surface area is 61.1 Å². The van der Waals surface area contributed by atoms with Crippen molar-refractivity contribution in [3.63, 3.8) is 0 Å². The minimum absolute atomic E-state index is 0.0926. The fourth-order valence-corrected chi connectivity index (χ4v) is 1.36. The fraction of sp³-hybridized carbons (Fsp3) is 0.167. The van der Waals surface area contributed by atoms with Gasteiger partial charge in [-0.05, 0) is 12.1 Å². The van der Waals surface area contributed by atoms with Crippen molar-refractivity contribution in [1.82, 2.24) is 0 Å². The molecule has 0 aliphatic carbocycles. The lowest BCUT2D eigenvalue weighted by Crippen LogP contribution is -1.98. The summed E-state index contributed by atoms with van der Waals surface area (Å²) < 4.78 is 4.74. The first-order chi connectivity index (χ1) is 4.75. The summed E-state index contributed by atoms with van der Waals surface area (Å²) in [7, 11) is 0.963. The van der Waals surface area contributed by atoms with E-state index in [-0.39, 0.29) is 5.76 Å². The molecule has 0 amide bonds. The molecule has 54 valence electrons. The van der Waals surface area contributed by atoms with Crippen LogP contribution in [0.1, 0.15) is 16.1 Å². The number of carboxylic acids is 1. The minimum atomic E-state index is -0.976. The molecule has 0 aromatic carbocycles. The number of furan rings is 1. The number of rotatable bonds is 2. The van der Waals surface area contributed by atoms with E-state index in [4.69, 9.17) is 9.52 Å². The molecule has 1 aromatic heterocycles. The standard InChI is InChI=1S/C6H8O3Si/c7-6(8)5-4(3-10)1-2-9-5/h1-2H,3H2,10H3,(H,7,8). The summed E-state index contributed by atoms with van der Waals surface area (Å²) in [5.74, 6) is -0.883. The molecule has 0 saturated carbocycles. The third-order valence-electron chi connectivity index (χ3n) is 1.32. The molecule has 1 N–H and O–H groups in total. The molecule has 0 aliphatic heterocycles. The van der Waals surface area contributed by atoms with Crippen LogP contribution in [0, 0.1) is 0 Å². The SMILES string of the molecule is O=C(O)c1occc1C[SiH3]. The summed E-state index contributed by atoms with van der Waals surface area (Å²) >= 11 is 0. The van der Waals surface area contributed by atoms with Crippen molar-refractivity contribution < 1.29 is 14.3 Å². The second kappa shape index (κ2) is 2.70. The van der Waals surface area contributed by atoms with Crippen LogP contribution < -0.4 is 0 Å². The Kier molecular flexibility index (Phi) is 1.91. The van der Waals surface area contributed by atoms with E-state index >= 15 is 0 Å². The van der Waals surface area contributed by atoms with Crippen molar-refractivity contribution in [3.05, 3.63) is 23.7 Å². The molecular formula is C6H8O3Si. The first-order valence-corrected chi connectivity index (χ1v) is 4.46. The third-order valence-corrected chi connectivity index (χ3v) is 2.08. The molecule has 1 rings (SSSR count). The molecule has 1 heterocycles. The second-order valence-corrected chi connectivity index (χ2v) is 2.64. The van der Waals surface area contributed by atoms with Gasteiger partial charge in [0.15, 0.2) is 0 Å². The highest BCUT2D eigenvalue weighted by molar-refractivity contribution is 6.09. The van der Waals surface area contributed by atoms with Gasteiger partial charge >= 0.3 is 5.97 Å². The van der Waals surface area contributed by atoms with Gasteiger partial charge in [-0.15, -0.1) is 0 Å². The molecule has 0 aliphatic rings. The zero-order chi connectivity index (χ0) is 7.56. The average molecular weight is 156 g/mol. The molecule has 3 nitrogen and oxygen atoms in total. The van der Waals surface area contributed by atoms with E-state index in [1.54, 1.807) is 6.07 Å². The second-order valence-electron chi connectivity index (χ2n) is 1.93. The van der Waals surface area contributed by atoms with E-state index in [0.29, 0.717) is 0 Å². The van der Waals surface area contributed by atoms with Crippen molar-refractivity contribution in [2.75, 3.05) is 0 Å². The van der Waals surface area contributed by atoms with Gasteiger partial charge in [-0.3, -0.25) is 0 Å². The van der Waals surface area contributed by atoms with Crippen LogP contribution in [-0.4, -0.2) is 21.3 Å². The Hall–Kier alpha value is -1.03. The lowest BCUT2D eigenvalue weighted by molar-refractivity contribution is 0.0661. The molecular weight excluding hydrogens is 148 g/mol. The van der Waals surface area contributed by atoms with Crippen LogP contribution in [0.3, 0.4) is 0 Å². The number of carboxylic acid groups (broad SMARTS) is 1. The Morgan fingerprint density at radius 2 is 2.50 bits per heavy atom. The van der Waals surface area contributed by atoms with Gasteiger partial charge in [0.25, 0.3) is 0 Å². The van der Waals surface area contributed by atoms with Crippen LogP contribution in [0.4, 0.5) is 0 Å². The van der Waals surface area contributed by atoms with Gasteiger partial charge in [0.1, 0.15) is 0 Å². The maximum atomic E-state index is 10.4. The lowest BCUT2D eigenvalue weighted by atomic mass is 10.3. The molecule has 0 saturated heterocycles. The molecule has 0 atom stereocenters. The molecule has 1 aromatic rings. The average Bonchev–Trinajstić information content (AvgIpc) is 2.33. The van der Waals surface area contributed by atoms with Gasteiger partial charge in [-0.25, -0.2) is 4.79 Å². The van der Waals surface area contributed by atoms with Gasteiger partial charge in [0.2, 0.25) is 5.76 Å². The highest BCUT2D eigenvalue weighted by atomic mass is 28.1. The Balaban J connectivity index is 3.01. The zero-order valence-electron chi connectivity index (χ0n) is 5.63.